The van der Waals surface area contributed by atoms with Crippen LogP contribution in [0.15, 0.2) is 42.5 Å². The van der Waals surface area contributed by atoms with E-state index >= 15 is 0 Å². The number of likely N-dealkylation sites (tertiary alicyclic amines) is 2. The van der Waals surface area contributed by atoms with Gasteiger partial charge in [-0.25, -0.2) is 9.59 Å². The number of hydrogen-bond acceptors (Lipinski definition) is 5. The van der Waals surface area contributed by atoms with Gasteiger partial charge in [-0.15, -0.1) is 0 Å². The van der Waals surface area contributed by atoms with Gasteiger partial charge in [0.2, 0.25) is 0 Å². The monoisotopic (exact) mass is 511 g/mol. The minimum Gasteiger partial charge on any atom is -0.478 e. The summed E-state index contributed by atoms with van der Waals surface area (Å²) in [6.07, 6.45) is 15.5. The lowest BCUT2D eigenvalue weighted by atomic mass is 9.74. The third-order valence-electron chi connectivity index (χ3n) is 9.21. The van der Waals surface area contributed by atoms with Gasteiger partial charge in [-0.1, -0.05) is 56.7 Å². The molecule has 7 heteroatoms. The van der Waals surface area contributed by atoms with Gasteiger partial charge in [0.1, 0.15) is 0 Å². The topological polar surface area (TPSA) is 84.3 Å². The molecule has 0 radical (unpaired) electrons. The molecule has 1 saturated carbocycles. The molecule has 4 aliphatic rings. The molecule has 3 aliphatic heterocycles. The van der Waals surface area contributed by atoms with E-state index < -0.39 is 11.9 Å². The van der Waals surface area contributed by atoms with Crippen LogP contribution in [0.5, 0.6) is 0 Å². The number of carboxylic acids is 2. The fraction of sp³-hybridized carbons (Fsp3) is 0.667. The Hall–Kier alpha value is -2.38. The zero-order valence-corrected chi connectivity index (χ0v) is 22.4. The first-order valence-electron chi connectivity index (χ1n) is 14.3. The molecule has 2 atom stereocenters. The van der Waals surface area contributed by atoms with Crippen molar-refractivity contribution in [3.63, 3.8) is 0 Å². The number of fused-ring (bicyclic) bond motifs is 2. The lowest BCUT2D eigenvalue weighted by molar-refractivity contribution is -0.134. The summed E-state index contributed by atoms with van der Waals surface area (Å²) >= 11 is 0. The molecule has 1 aromatic rings. The maximum Gasteiger partial charge on any atom is 0.328 e. The van der Waals surface area contributed by atoms with Gasteiger partial charge in [-0.05, 0) is 50.8 Å². The number of para-hydroxylation sites is 1. The van der Waals surface area contributed by atoms with Crippen molar-refractivity contribution in [2.75, 3.05) is 44.7 Å². The number of rotatable bonds is 4. The van der Waals surface area contributed by atoms with Crippen molar-refractivity contribution >= 4 is 17.6 Å². The van der Waals surface area contributed by atoms with Crippen LogP contribution >= 0.6 is 0 Å². The quantitative estimate of drug-likeness (QED) is 0.565. The number of hydrogen-bond donors (Lipinski definition) is 2. The molecule has 7 nitrogen and oxygen atoms in total. The Bertz CT molecular complexity index is 887. The number of carboxylic acid groups (broad SMARTS) is 2. The number of carbonyl (C=O) groups is 2. The molecule has 1 spiro atoms. The molecule has 0 unspecified atom stereocenters. The smallest absolute Gasteiger partial charge is 0.328 e. The van der Waals surface area contributed by atoms with Gasteiger partial charge in [-0.2, -0.15) is 0 Å². The van der Waals surface area contributed by atoms with Crippen LogP contribution in [0.4, 0.5) is 5.69 Å². The van der Waals surface area contributed by atoms with Crippen LogP contribution < -0.4 is 4.90 Å². The number of piperidine rings is 1. The maximum absolute atomic E-state index is 9.55. The Morgan fingerprint density at radius 3 is 1.97 bits per heavy atom. The normalized spacial score (nSPS) is 27.2. The van der Waals surface area contributed by atoms with Gasteiger partial charge in [0, 0.05) is 68.1 Å². The molecule has 37 heavy (non-hydrogen) atoms. The van der Waals surface area contributed by atoms with Crippen molar-refractivity contribution in [2.45, 2.75) is 75.8 Å². The van der Waals surface area contributed by atoms with Crippen molar-refractivity contribution in [1.29, 1.82) is 0 Å². The zero-order chi connectivity index (χ0) is 26.3. The lowest BCUT2D eigenvalue weighted by Crippen LogP contribution is -2.58. The van der Waals surface area contributed by atoms with Crippen LogP contribution in [0.3, 0.4) is 0 Å². The molecule has 204 valence electrons. The zero-order valence-electron chi connectivity index (χ0n) is 22.4. The maximum atomic E-state index is 9.55. The second kappa shape index (κ2) is 12.9. The Balaban J connectivity index is 0.000000349. The van der Waals surface area contributed by atoms with E-state index in [1.165, 1.54) is 103 Å². The number of aliphatic carboxylic acids is 2. The first-order valence-corrected chi connectivity index (χ1v) is 14.3. The van der Waals surface area contributed by atoms with Gasteiger partial charge in [0.05, 0.1) is 0 Å². The van der Waals surface area contributed by atoms with E-state index in [4.69, 9.17) is 10.2 Å². The third kappa shape index (κ3) is 6.94. The van der Waals surface area contributed by atoms with Crippen LogP contribution in [0.1, 0.15) is 64.2 Å². The SMILES string of the molecule is CN1C[C@H]2CN(c3ccccc3)C3(CCN(C4CCCCCCCC4)CC3)[C@H]2C1.O=C(O)/C=C/C(=O)O. The summed E-state index contributed by atoms with van der Waals surface area (Å²) in [5.74, 6) is -0.799. The van der Waals surface area contributed by atoms with Crippen molar-refractivity contribution in [3.8, 4) is 0 Å². The van der Waals surface area contributed by atoms with E-state index in [2.05, 4.69) is 52.1 Å². The lowest BCUT2D eigenvalue weighted by Gasteiger charge is -2.50. The Morgan fingerprint density at radius 1 is 0.838 bits per heavy atom. The summed E-state index contributed by atoms with van der Waals surface area (Å²) in [5, 5.41) is 15.6. The third-order valence-corrected chi connectivity index (χ3v) is 9.21. The molecule has 0 aromatic heterocycles. The largest absolute Gasteiger partial charge is 0.478 e. The molecule has 2 N–H and O–H groups in total. The predicted octanol–water partition coefficient (Wildman–Crippen LogP) is 4.73. The van der Waals surface area contributed by atoms with Crippen LogP contribution in [-0.4, -0.2) is 83.3 Å². The highest BCUT2D eigenvalue weighted by molar-refractivity contribution is 5.89. The predicted molar refractivity (Wildman–Crippen MR) is 147 cm³/mol. The van der Waals surface area contributed by atoms with Crippen LogP contribution in [0.2, 0.25) is 0 Å². The van der Waals surface area contributed by atoms with Crippen molar-refractivity contribution in [1.82, 2.24) is 9.80 Å². The van der Waals surface area contributed by atoms with Crippen molar-refractivity contribution in [3.05, 3.63) is 42.5 Å². The van der Waals surface area contributed by atoms with E-state index in [0.29, 0.717) is 17.7 Å². The van der Waals surface area contributed by atoms with Gasteiger partial charge >= 0.3 is 11.9 Å². The molecule has 1 aromatic carbocycles. The molecule has 3 heterocycles. The average Bonchev–Trinajstić information content (AvgIpc) is 3.44. The highest BCUT2D eigenvalue weighted by Crippen LogP contribution is 2.50. The molecular weight excluding hydrogens is 466 g/mol. The molecule has 1 aliphatic carbocycles. The second-order valence-corrected chi connectivity index (χ2v) is 11.5. The Kier molecular flexibility index (Phi) is 9.65. The second-order valence-electron chi connectivity index (χ2n) is 11.5. The van der Waals surface area contributed by atoms with Crippen LogP contribution in [-0.2, 0) is 9.59 Å². The minimum absolute atomic E-state index is 0.395. The fourth-order valence-electron chi connectivity index (χ4n) is 7.50. The summed E-state index contributed by atoms with van der Waals surface area (Å²) in [6.45, 7) is 6.50. The molecule has 5 rings (SSSR count). The van der Waals surface area contributed by atoms with E-state index in [0.717, 1.165) is 17.9 Å². The number of anilines is 1. The molecule has 3 saturated heterocycles. The van der Waals surface area contributed by atoms with E-state index in [1.807, 2.05) is 0 Å². The fourth-order valence-corrected chi connectivity index (χ4v) is 7.50. The summed E-state index contributed by atoms with van der Waals surface area (Å²) in [7, 11) is 2.34. The summed E-state index contributed by atoms with van der Waals surface area (Å²) in [6, 6.07) is 12.2. The van der Waals surface area contributed by atoms with Gasteiger partial charge < -0.3 is 24.9 Å². The summed E-state index contributed by atoms with van der Waals surface area (Å²) in [5.41, 5.74) is 1.87. The summed E-state index contributed by atoms with van der Waals surface area (Å²) < 4.78 is 0. The standard InChI is InChI=1S/C26H41N3.C4H4O4/c1-27-19-22-20-29(24-13-9-6-10-14-24)26(25(22)21-27)15-17-28(18-16-26)23-11-7-4-2-3-5-8-12-23;5-3(6)1-2-4(7)8/h6,9-10,13-14,22-23,25H,2-5,7-8,11-12,15-21H2,1H3;1-2H,(H,5,6)(H,7,8)/b;2-1+/t22-,25-;/m0./s1. The Morgan fingerprint density at radius 2 is 1.41 bits per heavy atom. The van der Waals surface area contributed by atoms with Crippen molar-refractivity contribution < 1.29 is 19.8 Å². The summed E-state index contributed by atoms with van der Waals surface area (Å²) in [4.78, 5) is 27.5. The van der Waals surface area contributed by atoms with Crippen LogP contribution in [0.25, 0.3) is 0 Å². The molecular formula is C30H45N3O4. The molecule has 4 fully saturated rings. The van der Waals surface area contributed by atoms with E-state index in [9.17, 15) is 9.59 Å². The Labute approximate surface area is 222 Å². The minimum atomic E-state index is -1.26. The van der Waals surface area contributed by atoms with Gasteiger partial charge in [-0.3, -0.25) is 0 Å². The van der Waals surface area contributed by atoms with Crippen molar-refractivity contribution in [2.24, 2.45) is 11.8 Å². The number of benzene rings is 1. The highest BCUT2D eigenvalue weighted by atomic mass is 16.4. The first-order chi connectivity index (χ1) is 17.9. The molecule has 0 amide bonds. The highest BCUT2D eigenvalue weighted by Gasteiger charge is 2.57. The number of nitrogens with zero attached hydrogens (tertiary/aromatic N) is 3. The van der Waals surface area contributed by atoms with Crippen LogP contribution in [0, 0.1) is 11.8 Å². The first kappa shape index (κ1) is 27.6. The van der Waals surface area contributed by atoms with E-state index in [-0.39, 0.29) is 0 Å². The van der Waals surface area contributed by atoms with Gasteiger partial charge in [0.25, 0.3) is 0 Å². The molecule has 0 bridgehead atoms. The average molecular weight is 512 g/mol. The van der Waals surface area contributed by atoms with Gasteiger partial charge in [0.15, 0.2) is 0 Å². The van der Waals surface area contributed by atoms with E-state index in [1.54, 1.807) is 0 Å².